The topological polar surface area (TPSA) is 69.4 Å². The molecule has 0 radical (unpaired) electrons. The lowest BCUT2D eigenvalue weighted by Gasteiger charge is -2.26. The lowest BCUT2D eigenvalue weighted by Crippen LogP contribution is -2.39. The molecule has 0 aliphatic carbocycles. The van der Waals surface area contributed by atoms with Crippen LogP contribution in [0.25, 0.3) is 0 Å². The van der Waals surface area contributed by atoms with E-state index in [1.54, 1.807) is 19.2 Å². The van der Waals surface area contributed by atoms with E-state index < -0.39 is 0 Å². The molecule has 1 aliphatic rings. The molecule has 1 aliphatic heterocycles. The van der Waals surface area contributed by atoms with Gasteiger partial charge >= 0.3 is 0 Å². The molecular formula is C11H16ClN3O2. The Hall–Kier alpha value is -1.04. The summed E-state index contributed by atoms with van der Waals surface area (Å²) in [6, 6.07) is 3.35. The van der Waals surface area contributed by atoms with Gasteiger partial charge in [0, 0.05) is 38.4 Å². The second-order valence-corrected chi connectivity index (χ2v) is 4.54. The van der Waals surface area contributed by atoms with Gasteiger partial charge in [-0.3, -0.25) is 0 Å². The van der Waals surface area contributed by atoms with Crippen molar-refractivity contribution in [2.45, 2.75) is 12.0 Å². The summed E-state index contributed by atoms with van der Waals surface area (Å²) in [6.07, 6.45) is 0.868. The standard InChI is InChI=1S/C11H16ClN3O2/c1-16-11(2-3-17-7-11)6-14-10-5-8(13)4-9(12)15-10/h4-5H,2-3,6-7H2,1H3,(H3,13,14,15). The van der Waals surface area contributed by atoms with Crippen molar-refractivity contribution in [1.82, 2.24) is 4.98 Å². The van der Waals surface area contributed by atoms with Crippen LogP contribution in [0.2, 0.25) is 5.15 Å². The fourth-order valence-corrected chi connectivity index (χ4v) is 2.04. The Kier molecular flexibility index (Phi) is 3.71. The van der Waals surface area contributed by atoms with Gasteiger partial charge in [0.25, 0.3) is 0 Å². The Bertz CT molecular complexity index is 374. The number of nitrogens with two attached hydrogens (primary N) is 1. The number of nitrogens with one attached hydrogen (secondary N) is 1. The molecule has 1 aromatic heterocycles. The largest absolute Gasteiger partial charge is 0.399 e. The summed E-state index contributed by atoms with van der Waals surface area (Å²) in [7, 11) is 1.69. The number of methoxy groups -OCH3 is 1. The van der Waals surface area contributed by atoms with Gasteiger partial charge < -0.3 is 20.5 Å². The van der Waals surface area contributed by atoms with Crippen molar-refractivity contribution in [1.29, 1.82) is 0 Å². The second-order valence-electron chi connectivity index (χ2n) is 4.15. The molecule has 0 aromatic carbocycles. The Morgan fingerprint density at radius 3 is 3.06 bits per heavy atom. The molecule has 0 bridgehead atoms. The molecule has 94 valence electrons. The van der Waals surface area contributed by atoms with Crippen LogP contribution in [-0.4, -0.2) is 37.5 Å². The van der Waals surface area contributed by atoms with Crippen LogP contribution in [0, 0.1) is 0 Å². The number of hydrogen-bond donors (Lipinski definition) is 2. The molecule has 0 amide bonds. The maximum Gasteiger partial charge on any atom is 0.133 e. The predicted molar refractivity (Wildman–Crippen MR) is 67.3 cm³/mol. The van der Waals surface area contributed by atoms with E-state index in [4.69, 9.17) is 26.8 Å². The average Bonchev–Trinajstić information content (AvgIpc) is 2.74. The molecule has 1 fully saturated rings. The van der Waals surface area contributed by atoms with E-state index in [-0.39, 0.29) is 5.60 Å². The first-order chi connectivity index (χ1) is 8.13. The average molecular weight is 258 g/mol. The Labute approximate surface area is 105 Å². The molecule has 1 saturated heterocycles. The molecular weight excluding hydrogens is 242 g/mol. The zero-order chi connectivity index (χ0) is 12.3. The summed E-state index contributed by atoms with van der Waals surface area (Å²) in [4.78, 5) is 4.14. The van der Waals surface area contributed by atoms with Gasteiger partial charge in [0.1, 0.15) is 16.6 Å². The molecule has 1 atom stereocenters. The van der Waals surface area contributed by atoms with Gasteiger partial charge in [-0.05, 0) is 6.07 Å². The molecule has 2 heterocycles. The summed E-state index contributed by atoms with van der Waals surface area (Å²) in [5, 5.41) is 3.56. The van der Waals surface area contributed by atoms with E-state index in [2.05, 4.69) is 10.3 Å². The van der Waals surface area contributed by atoms with Crippen molar-refractivity contribution < 1.29 is 9.47 Å². The first-order valence-corrected chi connectivity index (χ1v) is 5.81. The zero-order valence-corrected chi connectivity index (χ0v) is 10.5. The monoisotopic (exact) mass is 257 g/mol. The van der Waals surface area contributed by atoms with Crippen molar-refractivity contribution in [3.05, 3.63) is 17.3 Å². The number of anilines is 2. The van der Waals surface area contributed by atoms with Gasteiger partial charge in [-0.1, -0.05) is 11.6 Å². The van der Waals surface area contributed by atoms with E-state index in [1.165, 1.54) is 0 Å². The van der Waals surface area contributed by atoms with Gasteiger partial charge in [0.15, 0.2) is 0 Å². The third kappa shape index (κ3) is 3.00. The summed E-state index contributed by atoms with van der Waals surface area (Å²) in [6.45, 7) is 1.93. The highest BCUT2D eigenvalue weighted by atomic mass is 35.5. The Balaban J connectivity index is 2.01. The van der Waals surface area contributed by atoms with E-state index in [1.807, 2.05) is 0 Å². The highest BCUT2D eigenvalue weighted by Gasteiger charge is 2.34. The maximum atomic E-state index is 5.83. The molecule has 2 rings (SSSR count). The Morgan fingerprint density at radius 1 is 1.65 bits per heavy atom. The molecule has 17 heavy (non-hydrogen) atoms. The number of hydrogen-bond acceptors (Lipinski definition) is 5. The minimum absolute atomic E-state index is 0.279. The number of pyridine rings is 1. The lowest BCUT2D eigenvalue weighted by molar-refractivity contribution is -0.00625. The number of nitrogen functional groups attached to an aromatic ring is 1. The number of aromatic nitrogens is 1. The smallest absolute Gasteiger partial charge is 0.133 e. The highest BCUT2D eigenvalue weighted by molar-refractivity contribution is 6.29. The third-order valence-corrected chi connectivity index (χ3v) is 3.10. The molecule has 5 nitrogen and oxygen atoms in total. The van der Waals surface area contributed by atoms with Crippen molar-refractivity contribution in [2.75, 3.05) is 37.9 Å². The van der Waals surface area contributed by atoms with Crippen LogP contribution in [0.5, 0.6) is 0 Å². The predicted octanol–water partition coefficient (Wildman–Crippen LogP) is 1.53. The molecule has 3 N–H and O–H groups in total. The number of rotatable bonds is 4. The van der Waals surface area contributed by atoms with E-state index in [9.17, 15) is 0 Å². The second kappa shape index (κ2) is 5.08. The van der Waals surface area contributed by atoms with Gasteiger partial charge in [-0.15, -0.1) is 0 Å². The maximum absolute atomic E-state index is 5.83. The van der Waals surface area contributed by atoms with Crippen molar-refractivity contribution in [3.63, 3.8) is 0 Å². The summed E-state index contributed by atoms with van der Waals surface area (Å²) in [5.74, 6) is 0.651. The molecule has 6 heteroatoms. The van der Waals surface area contributed by atoms with E-state index >= 15 is 0 Å². The Morgan fingerprint density at radius 2 is 2.47 bits per heavy atom. The number of nitrogens with zero attached hydrogens (tertiary/aromatic N) is 1. The van der Waals surface area contributed by atoms with Crippen LogP contribution >= 0.6 is 11.6 Å². The van der Waals surface area contributed by atoms with Gasteiger partial charge in [-0.2, -0.15) is 0 Å². The highest BCUT2D eigenvalue weighted by Crippen LogP contribution is 2.23. The molecule has 0 spiro atoms. The van der Waals surface area contributed by atoms with Crippen molar-refractivity contribution in [2.24, 2.45) is 0 Å². The fourth-order valence-electron chi connectivity index (χ4n) is 1.82. The third-order valence-electron chi connectivity index (χ3n) is 2.91. The van der Waals surface area contributed by atoms with E-state index in [0.29, 0.717) is 29.8 Å². The SMILES string of the molecule is COC1(CNc2cc(N)cc(Cl)n2)CCOC1. The number of halogens is 1. The van der Waals surface area contributed by atoms with E-state index in [0.717, 1.165) is 13.0 Å². The summed E-state index contributed by atoms with van der Waals surface area (Å²) in [5.41, 5.74) is 5.99. The van der Waals surface area contributed by atoms with Crippen molar-refractivity contribution in [3.8, 4) is 0 Å². The molecule has 1 aromatic rings. The quantitative estimate of drug-likeness (QED) is 0.801. The zero-order valence-electron chi connectivity index (χ0n) is 9.70. The minimum Gasteiger partial charge on any atom is -0.399 e. The van der Waals surface area contributed by atoms with Crippen LogP contribution < -0.4 is 11.1 Å². The normalized spacial score (nSPS) is 23.9. The van der Waals surface area contributed by atoms with Gasteiger partial charge in [-0.25, -0.2) is 4.98 Å². The first-order valence-electron chi connectivity index (χ1n) is 5.43. The fraction of sp³-hybridized carbons (Fsp3) is 0.545. The van der Waals surface area contributed by atoms with Crippen LogP contribution in [0.1, 0.15) is 6.42 Å². The van der Waals surface area contributed by atoms with Crippen LogP contribution in [0.3, 0.4) is 0 Å². The molecule has 1 unspecified atom stereocenters. The van der Waals surface area contributed by atoms with Crippen molar-refractivity contribution >= 4 is 23.1 Å². The van der Waals surface area contributed by atoms with Crippen LogP contribution in [0.15, 0.2) is 12.1 Å². The van der Waals surface area contributed by atoms with Gasteiger partial charge in [0.2, 0.25) is 0 Å². The summed E-state index contributed by atoms with van der Waals surface area (Å²) >= 11 is 5.83. The molecule has 0 saturated carbocycles. The van der Waals surface area contributed by atoms with Crippen LogP contribution in [0.4, 0.5) is 11.5 Å². The first kappa shape index (κ1) is 12.4. The lowest BCUT2D eigenvalue weighted by atomic mass is 10.0. The minimum atomic E-state index is -0.279. The summed E-state index contributed by atoms with van der Waals surface area (Å²) < 4.78 is 10.9. The van der Waals surface area contributed by atoms with Gasteiger partial charge in [0.05, 0.1) is 6.61 Å². The van der Waals surface area contributed by atoms with Crippen LogP contribution in [-0.2, 0) is 9.47 Å². The number of ether oxygens (including phenoxy) is 2.